The predicted octanol–water partition coefficient (Wildman–Crippen LogP) is 9.15. The molecule has 7 aromatic rings. The molecule has 0 amide bonds. The van der Waals surface area contributed by atoms with E-state index in [9.17, 15) is 0 Å². The summed E-state index contributed by atoms with van der Waals surface area (Å²) < 4.78 is 6.40. The largest absolute Gasteiger partial charge is 0.456 e. The van der Waals surface area contributed by atoms with Gasteiger partial charge in [-0.3, -0.25) is 0 Å². The van der Waals surface area contributed by atoms with E-state index in [-0.39, 0.29) is 0 Å². The zero-order valence-corrected chi connectivity index (χ0v) is 18.7. The predicted molar refractivity (Wildman–Crippen MR) is 143 cm³/mol. The molecule has 7 rings (SSSR count). The fourth-order valence-corrected chi connectivity index (χ4v) is 5.18. The molecular weight excluding hydrogens is 412 g/mol. The molecule has 34 heavy (non-hydrogen) atoms. The van der Waals surface area contributed by atoms with E-state index >= 15 is 0 Å². The number of furan rings is 1. The lowest BCUT2D eigenvalue weighted by Gasteiger charge is -2.09. The van der Waals surface area contributed by atoms with Crippen LogP contribution in [-0.4, -0.2) is 0 Å². The molecule has 160 valence electrons. The van der Waals surface area contributed by atoms with Gasteiger partial charge < -0.3 is 4.42 Å². The first-order chi connectivity index (χ1) is 16.8. The fourth-order valence-electron chi connectivity index (χ4n) is 5.18. The second kappa shape index (κ2) is 7.60. The van der Waals surface area contributed by atoms with Gasteiger partial charge in [0.1, 0.15) is 11.2 Å². The molecule has 0 radical (unpaired) electrons. The Bertz CT molecular complexity index is 1820. The first-order valence-electron chi connectivity index (χ1n) is 11.7. The Morgan fingerprint density at radius 3 is 2.03 bits per heavy atom. The maximum Gasteiger partial charge on any atom is 0.139 e. The van der Waals surface area contributed by atoms with Crippen LogP contribution in [-0.2, 0) is 6.42 Å². The van der Waals surface area contributed by atoms with Crippen molar-refractivity contribution in [3.05, 3.63) is 132 Å². The number of benzene rings is 6. The molecule has 1 heteroatoms. The summed E-state index contributed by atoms with van der Waals surface area (Å²) in [6, 6.07) is 43.4. The van der Waals surface area contributed by atoms with Crippen LogP contribution in [0.2, 0.25) is 0 Å². The molecule has 0 fully saturated rings. The SMILES string of the molecule is c1ccc2cc(-c3ccc(Cc4cc5ccccc5c5c4oc4ccccc45)cc3)ccc2c1. The molecule has 1 heterocycles. The van der Waals surface area contributed by atoms with Crippen molar-refractivity contribution in [1.29, 1.82) is 0 Å². The number of rotatable bonds is 3. The average molecular weight is 435 g/mol. The lowest BCUT2D eigenvalue weighted by molar-refractivity contribution is 0.664. The van der Waals surface area contributed by atoms with Crippen molar-refractivity contribution < 1.29 is 4.42 Å². The molecule has 1 aromatic heterocycles. The third kappa shape index (κ3) is 3.09. The maximum atomic E-state index is 6.40. The summed E-state index contributed by atoms with van der Waals surface area (Å²) in [5, 5.41) is 7.45. The first-order valence-corrected chi connectivity index (χ1v) is 11.7. The van der Waals surface area contributed by atoms with Crippen LogP contribution in [0.5, 0.6) is 0 Å². The third-order valence-electron chi connectivity index (χ3n) is 6.88. The van der Waals surface area contributed by atoms with Crippen LogP contribution in [0.3, 0.4) is 0 Å². The van der Waals surface area contributed by atoms with Gasteiger partial charge in [0, 0.05) is 22.8 Å². The van der Waals surface area contributed by atoms with E-state index in [0.29, 0.717) is 0 Å². The molecule has 1 nitrogen and oxygen atoms in total. The molecule has 0 bridgehead atoms. The van der Waals surface area contributed by atoms with Crippen molar-refractivity contribution in [2.45, 2.75) is 6.42 Å². The molecule has 0 saturated carbocycles. The highest BCUT2D eigenvalue weighted by atomic mass is 16.3. The van der Waals surface area contributed by atoms with E-state index in [2.05, 4.69) is 115 Å². The van der Waals surface area contributed by atoms with Crippen LogP contribution in [0.1, 0.15) is 11.1 Å². The molecule has 0 aliphatic rings. The molecule has 0 aliphatic heterocycles. The zero-order chi connectivity index (χ0) is 22.5. The fraction of sp³-hybridized carbons (Fsp3) is 0.0303. The maximum absolute atomic E-state index is 6.40. The Kier molecular flexibility index (Phi) is 4.28. The van der Waals surface area contributed by atoms with E-state index in [4.69, 9.17) is 4.42 Å². The highest BCUT2D eigenvalue weighted by Gasteiger charge is 2.15. The van der Waals surface area contributed by atoms with E-state index in [1.165, 1.54) is 54.6 Å². The third-order valence-corrected chi connectivity index (χ3v) is 6.88. The van der Waals surface area contributed by atoms with Crippen molar-refractivity contribution >= 4 is 43.5 Å². The summed E-state index contributed by atoms with van der Waals surface area (Å²) in [6.07, 6.45) is 0.832. The van der Waals surface area contributed by atoms with Gasteiger partial charge >= 0.3 is 0 Å². The Balaban J connectivity index is 1.31. The van der Waals surface area contributed by atoms with Crippen molar-refractivity contribution in [3.8, 4) is 11.1 Å². The van der Waals surface area contributed by atoms with E-state index in [1.807, 2.05) is 6.07 Å². The van der Waals surface area contributed by atoms with Gasteiger partial charge in [0.25, 0.3) is 0 Å². The quantitative estimate of drug-likeness (QED) is 0.270. The van der Waals surface area contributed by atoms with Crippen molar-refractivity contribution in [2.75, 3.05) is 0 Å². The topological polar surface area (TPSA) is 13.1 Å². The minimum Gasteiger partial charge on any atom is -0.456 e. The monoisotopic (exact) mass is 434 g/mol. The van der Waals surface area contributed by atoms with Crippen molar-refractivity contribution in [1.82, 2.24) is 0 Å². The minimum atomic E-state index is 0.832. The average Bonchev–Trinajstić information content (AvgIpc) is 3.29. The smallest absolute Gasteiger partial charge is 0.139 e. The van der Waals surface area contributed by atoms with Gasteiger partial charge in [-0.25, -0.2) is 0 Å². The van der Waals surface area contributed by atoms with Gasteiger partial charge in [0.2, 0.25) is 0 Å². The van der Waals surface area contributed by atoms with Crippen LogP contribution in [0.25, 0.3) is 54.6 Å². The summed E-state index contributed by atoms with van der Waals surface area (Å²) in [7, 11) is 0. The zero-order valence-electron chi connectivity index (χ0n) is 18.7. The highest BCUT2D eigenvalue weighted by Crippen LogP contribution is 2.37. The normalized spacial score (nSPS) is 11.6. The molecule has 0 spiro atoms. The van der Waals surface area contributed by atoms with Gasteiger partial charge in [-0.05, 0) is 56.4 Å². The van der Waals surface area contributed by atoms with Crippen LogP contribution in [0, 0.1) is 0 Å². The lowest BCUT2D eigenvalue weighted by atomic mass is 9.95. The molecule has 0 aliphatic carbocycles. The summed E-state index contributed by atoms with van der Waals surface area (Å²) in [5.74, 6) is 0. The molecule has 0 saturated heterocycles. The van der Waals surface area contributed by atoms with E-state index in [0.717, 1.165) is 17.6 Å². The Morgan fingerprint density at radius 2 is 1.18 bits per heavy atom. The summed E-state index contributed by atoms with van der Waals surface area (Å²) >= 11 is 0. The number of fused-ring (bicyclic) bond motifs is 6. The van der Waals surface area contributed by atoms with Crippen LogP contribution >= 0.6 is 0 Å². The van der Waals surface area contributed by atoms with Gasteiger partial charge in [-0.1, -0.05) is 103 Å². The molecular formula is C33H22O. The van der Waals surface area contributed by atoms with Crippen LogP contribution < -0.4 is 0 Å². The number of para-hydroxylation sites is 1. The van der Waals surface area contributed by atoms with Gasteiger partial charge in [0.15, 0.2) is 0 Å². The summed E-state index contributed by atoms with van der Waals surface area (Å²) in [5.41, 5.74) is 6.93. The Labute approximate surface area is 197 Å². The first kappa shape index (κ1) is 19.1. The summed E-state index contributed by atoms with van der Waals surface area (Å²) in [4.78, 5) is 0. The molecule has 0 atom stereocenters. The summed E-state index contributed by atoms with van der Waals surface area (Å²) in [6.45, 7) is 0. The Morgan fingerprint density at radius 1 is 0.500 bits per heavy atom. The van der Waals surface area contributed by atoms with Gasteiger partial charge in [-0.2, -0.15) is 0 Å². The van der Waals surface area contributed by atoms with Gasteiger partial charge in [-0.15, -0.1) is 0 Å². The second-order valence-corrected chi connectivity index (χ2v) is 8.99. The Hall–Kier alpha value is -4.36. The molecule has 0 unspecified atom stereocenters. The van der Waals surface area contributed by atoms with Crippen LogP contribution in [0.4, 0.5) is 0 Å². The highest BCUT2D eigenvalue weighted by molar-refractivity contribution is 6.19. The second-order valence-electron chi connectivity index (χ2n) is 8.99. The number of hydrogen-bond acceptors (Lipinski definition) is 1. The van der Waals surface area contributed by atoms with Crippen molar-refractivity contribution in [3.63, 3.8) is 0 Å². The van der Waals surface area contributed by atoms with Gasteiger partial charge in [0.05, 0.1) is 0 Å². The van der Waals surface area contributed by atoms with E-state index in [1.54, 1.807) is 0 Å². The van der Waals surface area contributed by atoms with Crippen LogP contribution in [0.15, 0.2) is 126 Å². The molecule has 6 aromatic carbocycles. The molecule has 0 N–H and O–H groups in total. The lowest BCUT2D eigenvalue weighted by Crippen LogP contribution is -1.90. The number of hydrogen-bond donors (Lipinski definition) is 0. The van der Waals surface area contributed by atoms with E-state index < -0.39 is 0 Å². The van der Waals surface area contributed by atoms with Crippen molar-refractivity contribution in [2.24, 2.45) is 0 Å². The standard InChI is InChI=1S/C33H22O/c1-2-8-25-20-26(18-17-23(25)7-1)24-15-13-22(14-16-24)19-28-21-27-9-3-4-10-29(27)32-30-11-5-6-12-31(30)34-33(28)32/h1-18,20-21H,19H2. The minimum absolute atomic E-state index is 0.832.